The minimum Gasteiger partial charge on any atom is -0.489 e. The summed E-state index contributed by atoms with van der Waals surface area (Å²) in [6.07, 6.45) is 2.31. The summed E-state index contributed by atoms with van der Waals surface area (Å²) in [4.78, 5) is 2.23. The van der Waals surface area contributed by atoms with Crippen LogP contribution in [0.15, 0.2) is 66.7 Å². The molecule has 1 aliphatic carbocycles. The van der Waals surface area contributed by atoms with Gasteiger partial charge in [0.25, 0.3) is 5.92 Å². The number of allylic oxidation sites excluding steroid dienone is 1. The molecule has 0 saturated carbocycles. The fourth-order valence-electron chi connectivity index (χ4n) is 5.82. The first-order valence-electron chi connectivity index (χ1n) is 14.0. The lowest BCUT2D eigenvalue weighted by atomic mass is 9.87. The third-order valence-electron chi connectivity index (χ3n) is 7.89. The SMILES string of the molecule is CC(F)(F)c1ccc(C2=C(c3ccc(O[C@H]4CCN(CCCF)C4)cc3)c3ccc(C(O)O)cc3CCC2)cc1. The highest BCUT2D eigenvalue weighted by Gasteiger charge is 2.26. The summed E-state index contributed by atoms with van der Waals surface area (Å²) >= 11 is 0. The zero-order valence-electron chi connectivity index (χ0n) is 22.8. The van der Waals surface area contributed by atoms with Crippen LogP contribution in [0.25, 0.3) is 11.1 Å². The number of fused-ring (bicyclic) bond motifs is 1. The van der Waals surface area contributed by atoms with Crippen LogP contribution in [0.2, 0.25) is 0 Å². The van der Waals surface area contributed by atoms with Gasteiger partial charge >= 0.3 is 0 Å². The van der Waals surface area contributed by atoms with Gasteiger partial charge in [-0.2, -0.15) is 0 Å². The molecule has 3 aromatic carbocycles. The summed E-state index contributed by atoms with van der Waals surface area (Å²) in [5, 5.41) is 19.5. The molecule has 0 amide bonds. The number of benzene rings is 3. The van der Waals surface area contributed by atoms with Crippen LogP contribution in [0.4, 0.5) is 13.2 Å². The predicted octanol–water partition coefficient (Wildman–Crippen LogP) is 6.89. The maximum Gasteiger partial charge on any atom is 0.270 e. The molecule has 5 rings (SSSR count). The Kier molecular flexibility index (Phi) is 8.64. The van der Waals surface area contributed by atoms with Crippen molar-refractivity contribution in [3.63, 3.8) is 0 Å². The van der Waals surface area contributed by atoms with Crippen molar-refractivity contribution in [3.8, 4) is 5.75 Å². The Morgan fingerprint density at radius 2 is 1.70 bits per heavy atom. The number of rotatable bonds is 9. The molecule has 0 radical (unpaired) electrons. The van der Waals surface area contributed by atoms with E-state index < -0.39 is 12.2 Å². The van der Waals surface area contributed by atoms with Crippen LogP contribution < -0.4 is 4.74 Å². The lowest BCUT2D eigenvalue weighted by Gasteiger charge is -2.19. The molecule has 0 bridgehead atoms. The summed E-state index contributed by atoms with van der Waals surface area (Å²) in [5.41, 5.74) is 6.37. The van der Waals surface area contributed by atoms with Gasteiger partial charge in [0.1, 0.15) is 11.9 Å². The molecule has 40 heavy (non-hydrogen) atoms. The minimum absolute atomic E-state index is 0.0225. The van der Waals surface area contributed by atoms with Crippen LogP contribution in [0.5, 0.6) is 5.75 Å². The van der Waals surface area contributed by atoms with Gasteiger partial charge in [0.2, 0.25) is 0 Å². The van der Waals surface area contributed by atoms with Gasteiger partial charge in [-0.3, -0.25) is 9.29 Å². The second-order valence-corrected chi connectivity index (χ2v) is 10.9. The molecule has 7 heteroatoms. The summed E-state index contributed by atoms with van der Waals surface area (Å²) in [6.45, 7) is 3.04. The number of aliphatic hydroxyl groups is 2. The summed E-state index contributed by atoms with van der Waals surface area (Å²) in [5.74, 6) is -2.14. The first-order valence-corrected chi connectivity index (χ1v) is 14.0. The first kappa shape index (κ1) is 28.4. The van der Waals surface area contributed by atoms with E-state index in [1.54, 1.807) is 18.2 Å². The molecule has 212 valence electrons. The Morgan fingerprint density at radius 3 is 2.38 bits per heavy atom. The third kappa shape index (κ3) is 6.43. The number of likely N-dealkylation sites (tertiary alicyclic amines) is 1. The summed E-state index contributed by atoms with van der Waals surface area (Å²) in [7, 11) is 0. The normalized spacial score (nSPS) is 18.2. The largest absolute Gasteiger partial charge is 0.489 e. The number of hydrogen-bond donors (Lipinski definition) is 2. The third-order valence-corrected chi connectivity index (χ3v) is 7.89. The van der Waals surface area contributed by atoms with Crippen molar-refractivity contribution < 1.29 is 28.1 Å². The number of ether oxygens (including phenoxy) is 1. The summed E-state index contributed by atoms with van der Waals surface area (Å²) < 4.78 is 46.6. The van der Waals surface area contributed by atoms with Gasteiger partial charge in [0, 0.05) is 37.7 Å². The fraction of sp³-hybridized carbons (Fsp3) is 0.394. The van der Waals surface area contributed by atoms with Gasteiger partial charge in [0.15, 0.2) is 6.29 Å². The highest BCUT2D eigenvalue weighted by Crippen LogP contribution is 2.41. The van der Waals surface area contributed by atoms with Crippen LogP contribution in [-0.2, 0) is 12.3 Å². The molecule has 1 fully saturated rings. The Balaban J connectivity index is 1.50. The maximum atomic E-state index is 13.9. The van der Waals surface area contributed by atoms with Crippen molar-refractivity contribution in [2.75, 3.05) is 26.3 Å². The predicted molar refractivity (Wildman–Crippen MR) is 151 cm³/mol. The molecule has 2 aliphatic rings. The molecule has 0 spiro atoms. The van der Waals surface area contributed by atoms with E-state index in [2.05, 4.69) is 4.90 Å². The Morgan fingerprint density at radius 1 is 0.975 bits per heavy atom. The molecule has 1 aliphatic heterocycles. The Hall–Kier alpha value is -3.13. The van der Waals surface area contributed by atoms with Crippen molar-refractivity contribution in [1.29, 1.82) is 0 Å². The van der Waals surface area contributed by atoms with Gasteiger partial charge < -0.3 is 14.9 Å². The van der Waals surface area contributed by atoms with Gasteiger partial charge in [-0.1, -0.05) is 54.6 Å². The minimum atomic E-state index is -2.91. The van der Waals surface area contributed by atoms with Crippen LogP contribution in [0.1, 0.15) is 72.3 Å². The van der Waals surface area contributed by atoms with E-state index in [9.17, 15) is 23.4 Å². The molecule has 0 unspecified atom stereocenters. The van der Waals surface area contributed by atoms with Crippen LogP contribution in [0.3, 0.4) is 0 Å². The number of aryl methyl sites for hydroxylation is 1. The van der Waals surface area contributed by atoms with Crippen LogP contribution in [0, 0.1) is 0 Å². The van der Waals surface area contributed by atoms with E-state index in [-0.39, 0.29) is 18.3 Å². The molecule has 1 heterocycles. The number of alkyl halides is 3. The van der Waals surface area contributed by atoms with Gasteiger partial charge in [-0.25, -0.2) is 8.78 Å². The lowest BCUT2D eigenvalue weighted by molar-refractivity contribution is -0.0425. The zero-order chi connectivity index (χ0) is 28.3. The fourth-order valence-corrected chi connectivity index (χ4v) is 5.82. The first-order chi connectivity index (χ1) is 19.2. The molecule has 4 nitrogen and oxygen atoms in total. The van der Waals surface area contributed by atoms with Gasteiger partial charge in [-0.05, 0) is 77.6 Å². The molecular weight excluding hydrogens is 515 g/mol. The lowest BCUT2D eigenvalue weighted by Crippen LogP contribution is -2.26. The van der Waals surface area contributed by atoms with Crippen molar-refractivity contribution >= 4 is 11.1 Å². The molecule has 0 aromatic heterocycles. The standard InChI is InChI=1S/C33H36F3NO3/c1-33(35,36)26-11-6-22(7-12-26)29-5-2-4-24-20-25(32(38)39)10-15-30(24)31(29)23-8-13-27(14-9-23)40-28-16-19-37(21-28)18-3-17-34/h6-15,20,28,32,38-39H,2-5,16-19,21H2,1H3/t28-/m0/s1. The summed E-state index contributed by atoms with van der Waals surface area (Å²) in [6, 6.07) is 20.0. The quantitative estimate of drug-likeness (QED) is 0.285. The topological polar surface area (TPSA) is 52.9 Å². The van der Waals surface area contributed by atoms with E-state index in [4.69, 9.17) is 4.74 Å². The van der Waals surface area contributed by atoms with Crippen LogP contribution in [-0.4, -0.2) is 47.5 Å². The smallest absolute Gasteiger partial charge is 0.270 e. The number of nitrogens with zero attached hydrogens (tertiary/aromatic N) is 1. The number of hydrogen-bond acceptors (Lipinski definition) is 4. The van der Waals surface area contributed by atoms with Crippen LogP contribution >= 0.6 is 0 Å². The van der Waals surface area contributed by atoms with Crippen molar-refractivity contribution in [2.45, 2.75) is 57.3 Å². The molecular formula is C33H36F3NO3. The second-order valence-electron chi connectivity index (χ2n) is 10.9. The van der Waals surface area contributed by atoms with Crippen molar-refractivity contribution in [2.24, 2.45) is 0 Å². The van der Waals surface area contributed by atoms with Crippen molar-refractivity contribution in [1.82, 2.24) is 4.90 Å². The number of aliphatic hydroxyl groups excluding tert-OH is 1. The molecule has 1 atom stereocenters. The van der Waals surface area contributed by atoms with E-state index in [0.717, 1.165) is 91.4 Å². The van der Waals surface area contributed by atoms with Gasteiger partial charge in [0.05, 0.1) is 6.67 Å². The highest BCUT2D eigenvalue weighted by molar-refractivity contribution is 6.00. The zero-order valence-corrected chi connectivity index (χ0v) is 22.8. The van der Waals surface area contributed by atoms with E-state index in [1.807, 2.05) is 36.4 Å². The van der Waals surface area contributed by atoms with E-state index >= 15 is 0 Å². The van der Waals surface area contributed by atoms with E-state index in [0.29, 0.717) is 12.0 Å². The highest BCUT2D eigenvalue weighted by atomic mass is 19.3. The Bertz CT molecular complexity index is 1330. The molecule has 3 aromatic rings. The van der Waals surface area contributed by atoms with Gasteiger partial charge in [-0.15, -0.1) is 0 Å². The van der Waals surface area contributed by atoms with E-state index in [1.165, 1.54) is 12.1 Å². The maximum absolute atomic E-state index is 13.9. The molecule has 1 saturated heterocycles. The average Bonchev–Trinajstić information content (AvgIpc) is 3.29. The number of halogens is 3. The molecule has 2 N–H and O–H groups in total. The van der Waals surface area contributed by atoms with Crippen molar-refractivity contribution in [3.05, 3.63) is 100 Å². The monoisotopic (exact) mass is 551 g/mol. The average molecular weight is 552 g/mol. The Labute approximate surface area is 233 Å². The second kappa shape index (κ2) is 12.2.